The van der Waals surface area contributed by atoms with Crippen LogP contribution in [0.5, 0.6) is 34.5 Å². The van der Waals surface area contributed by atoms with Crippen molar-refractivity contribution in [2.45, 2.75) is 180 Å². The van der Waals surface area contributed by atoms with Gasteiger partial charge in [0, 0.05) is 17.8 Å². The highest BCUT2D eigenvalue weighted by atomic mass is 31.2. The fraction of sp³-hybridized carbons (Fsp3) is 0.471. The van der Waals surface area contributed by atoms with Crippen molar-refractivity contribution < 1.29 is 139 Å². The highest BCUT2D eigenvalue weighted by Crippen LogP contribution is 2.63. The molecule has 105 heavy (non-hydrogen) atoms. The molecule has 0 bridgehead atoms. The Morgan fingerprint density at radius 1 is 0.381 bits per heavy atom. The maximum Gasteiger partial charge on any atom is 0.461 e. The normalized spacial score (nSPS) is 29.6. The Kier molecular flexibility index (Phi) is 26.3. The molecule has 0 radical (unpaired) electrons. The van der Waals surface area contributed by atoms with Crippen LogP contribution in [-0.2, 0) is 50.7 Å². The van der Waals surface area contributed by atoms with Crippen molar-refractivity contribution in [2.75, 3.05) is 7.11 Å². The molecule has 29 nitrogen and oxygen atoms in total. The van der Waals surface area contributed by atoms with Gasteiger partial charge in [0.25, 0.3) is 0 Å². The second-order valence-electron chi connectivity index (χ2n) is 28.8. The molecule has 0 saturated carbocycles. The van der Waals surface area contributed by atoms with Gasteiger partial charge in [-0.2, -0.15) is 0 Å². The van der Waals surface area contributed by atoms with Crippen LogP contribution < -0.4 is 27.1 Å². The second kappa shape index (κ2) is 33.2. The summed E-state index contributed by atoms with van der Waals surface area (Å²) < 4.78 is 132. The van der Waals surface area contributed by atoms with Crippen molar-refractivity contribution in [1.29, 1.82) is 0 Å². The van der Waals surface area contributed by atoms with Crippen LogP contribution in [0, 0.1) is 17.8 Å². The number of esters is 1. The zero-order valence-corrected chi connectivity index (χ0v) is 65.3. The van der Waals surface area contributed by atoms with Crippen molar-refractivity contribution in [3.63, 3.8) is 0 Å². The fourth-order valence-electron chi connectivity index (χ4n) is 13.2. The Labute approximate surface area is 611 Å². The maximum atomic E-state index is 16.1. The van der Waals surface area contributed by atoms with Crippen LogP contribution in [0.1, 0.15) is 13.3 Å². The van der Waals surface area contributed by atoms with Crippen molar-refractivity contribution in [3.05, 3.63) is 182 Å². The molecule has 35 heteroatoms. The molecule has 9 rings (SSSR count). The van der Waals surface area contributed by atoms with Crippen molar-refractivity contribution >= 4 is 53.7 Å². The molecule has 3 heterocycles. The van der Waals surface area contributed by atoms with Gasteiger partial charge in [-0.15, -0.1) is 0 Å². The largest absolute Gasteiger partial charge is 0.469 e. The third-order valence-corrected chi connectivity index (χ3v) is 25.9. The van der Waals surface area contributed by atoms with Gasteiger partial charge in [0.1, 0.15) is 108 Å². The summed E-state index contributed by atoms with van der Waals surface area (Å²) in [6.07, 6.45) is -33.5. The van der Waals surface area contributed by atoms with E-state index in [9.17, 15) is 61.3 Å². The summed E-state index contributed by atoms with van der Waals surface area (Å²) in [5.41, 5.74) is 0. The first kappa shape index (κ1) is 83.3. The zero-order chi connectivity index (χ0) is 77.0. The Hall–Kier alpha value is -5.79. The van der Waals surface area contributed by atoms with E-state index in [1.807, 2.05) is 0 Å². The molecule has 576 valence electrons. The van der Waals surface area contributed by atoms with Crippen LogP contribution in [0.4, 0.5) is 0 Å². The highest BCUT2D eigenvalue weighted by Gasteiger charge is 2.75. The summed E-state index contributed by atoms with van der Waals surface area (Å²) in [6.45, 7) is 14.8. The van der Waals surface area contributed by atoms with Gasteiger partial charge in [-0.3, -0.25) is 4.79 Å². The lowest BCUT2D eigenvalue weighted by atomic mass is 9.62. The topological polar surface area (TPSA) is 431 Å². The van der Waals surface area contributed by atoms with E-state index in [2.05, 4.69) is 0 Å². The SMILES string of the molecule is COC(=O)CC(C(C(C)[C@@]1(O[Si](C)(C)C)O[C@H](C(O)P(=O)(Oc2ccccc2)Oc2ccccc2)[C@@H](O)[C@H](O)[C@@H]1O)[C@@]1(O[Si](C)(C)C)O[C@H](C(O)P(=O)(Oc2ccccc2)Oc2ccccc2)[C@@H](O)[C@H](O)[C@@H]1O)[C@@]1(O[Si](C)(C)C)O[C@H](C(O)P(=O)(Oc2ccccc2)Oc2ccccc2)[C@@H](O)[C@H](O)[C@@H]1O. The summed E-state index contributed by atoms with van der Waals surface area (Å²) in [7, 11) is -26.8. The second-order valence-corrected chi connectivity index (χ2v) is 48.0. The summed E-state index contributed by atoms with van der Waals surface area (Å²) in [6, 6.07) is 43.5. The van der Waals surface area contributed by atoms with E-state index < -0.39 is 186 Å². The first-order valence-electron chi connectivity index (χ1n) is 33.8. The Balaban J connectivity index is 1.39. The summed E-state index contributed by atoms with van der Waals surface area (Å²) >= 11 is 0. The highest BCUT2D eigenvalue weighted by molar-refractivity contribution is 7.56. The molecule has 3 aliphatic rings. The minimum absolute atomic E-state index is 0.172. The molecule has 0 aliphatic carbocycles. The lowest BCUT2D eigenvalue weighted by molar-refractivity contribution is -0.427. The smallest absolute Gasteiger partial charge is 0.461 e. The van der Waals surface area contributed by atoms with Crippen LogP contribution in [0.3, 0.4) is 0 Å². The molecular weight excluding hydrogens is 1480 g/mol. The van der Waals surface area contributed by atoms with E-state index >= 15 is 18.5 Å². The number of aliphatic hydroxyl groups excluding tert-OH is 12. The number of hydrogen-bond acceptors (Lipinski definition) is 29. The first-order valence-corrected chi connectivity index (χ1v) is 48.9. The van der Waals surface area contributed by atoms with Crippen molar-refractivity contribution in [1.82, 2.24) is 0 Å². The molecule has 3 saturated heterocycles. The lowest BCUT2D eigenvalue weighted by Gasteiger charge is -2.64. The summed E-state index contributed by atoms with van der Waals surface area (Å²) in [5, 5.41) is 156. The van der Waals surface area contributed by atoms with Gasteiger partial charge >= 0.3 is 28.8 Å². The van der Waals surface area contributed by atoms with Crippen molar-refractivity contribution in [2.24, 2.45) is 17.8 Å². The lowest BCUT2D eigenvalue weighted by Crippen LogP contribution is -2.80. The van der Waals surface area contributed by atoms with E-state index in [-0.39, 0.29) is 34.5 Å². The van der Waals surface area contributed by atoms with Crippen molar-refractivity contribution in [3.8, 4) is 34.5 Å². The van der Waals surface area contributed by atoms with Crippen LogP contribution in [0.25, 0.3) is 0 Å². The first-order chi connectivity index (χ1) is 49.2. The molecule has 0 aromatic heterocycles. The minimum Gasteiger partial charge on any atom is -0.469 e. The summed E-state index contributed by atoms with van der Waals surface area (Å²) in [5.74, 6) is -28.7. The van der Waals surface area contributed by atoms with Gasteiger partial charge in [-0.1, -0.05) is 116 Å². The van der Waals surface area contributed by atoms with Crippen LogP contribution >= 0.6 is 22.8 Å². The van der Waals surface area contributed by atoms with E-state index in [0.717, 1.165) is 14.0 Å². The number of carbonyl (C=O) groups is 1. The zero-order valence-electron chi connectivity index (χ0n) is 59.6. The average molecular weight is 1580 g/mol. The average Bonchev–Trinajstić information content (AvgIpc) is 0.694. The molecule has 0 spiro atoms. The number of carbonyl (C=O) groups excluding carboxylic acids is 1. The monoisotopic (exact) mass is 1580 g/mol. The predicted molar refractivity (Wildman–Crippen MR) is 386 cm³/mol. The number of hydrogen-bond donors (Lipinski definition) is 12. The van der Waals surface area contributed by atoms with Gasteiger partial charge in [0.05, 0.1) is 13.5 Å². The number of rotatable bonds is 31. The fourth-order valence-corrected chi connectivity index (χ4v) is 22.1. The van der Waals surface area contributed by atoms with Gasteiger partial charge in [0.2, 0.25) is 17.5 Å². The Bertz CT molecular complexity index is 3800. The van der Waals surface area contributed by atoms with Gasteiger partial charge in [-0.25, -0.2) is 13.7 Å². The number of aliphatic hydroxyl groups is 12. The number of para-hydroxylation sites is 6. The van der Waals surface area contributed by atoms with E-state index in [1.165, 1.54) is 205 Å². The molecule has 3 fully saturated rings. The molecule has 12 N–H and O–H groups in total. The quantitative estimate of drug-likeness (QED) is 0.0114. The van der Waals surface area contributed by atoms with Crippen LogP contribution in [-0.4, -0.2) is 207 Å². The molecule has 6 unspecified atom stereocenters. The number of ether oxygens (including phenoxy) is 4. The molecule has 6 aromatic rings. The Morgan fingerprint density at radius 3 is 0.857 bits per heavy atom. The number of methoxy groups -OCH3 is 1. The van der Waals surface area contributed by atoms with Gasteiger partial charge < -0.3 is 121 Å². The number of benzene rings is 6. The van der Waals surface area contributed by atoms with Crippen LogP contribution in [0.2, 0.25) is 58.9 Å². The minimum atomic E-state index is -5.46. The standard InChI is InChI=1S/C70H95O29P3Si3/c1-43(68(97-103(3,4)5)62(78)56(75)53(72)59(88-68)65(81)100(84,91-44-30-18-12-19-31-44)92-45-32-20-13-21-33-45)52(70(99-105(9,10)11)64(80)58(77)55(74)61(90-70)67(83)102(86,95-48-38-26-16-27-39-48)96-49-40-28-17-29-41-49)50(42-51(71)87-2)69(98-104(6,7)8)63(79)57(76)54(73)60(89-69)66(82)101(85,93-46-34-22-14-23-35-46)94-47-36-24-15-25-37-47/h12-41,43,50,52-67,72-83H,42H2,1-11H3/t43?,50?,52?,53-,54-,55-,56-,57-,58-,59-,60-,61-,62-,63-,64-,65?,66?,67?,68-,69-,70-/m0/s1. The molecule has 3 aliphatic heterocycles. The van der Waals surface area contributed by atoms with E-state index in [0.29, 0.717) is 0 Å². The molecular formula is C70H95O29P3Si3. The Morgan fingerprint density at radius 2 is 0.600 bits per heavy atom. The molecule has 0 amide bonds. The predicted octanol–water partition coefficient (Wildman–Crippen LogP) is 7.51. The third-order valence-electron chi connectivity index (χ3n) is 17.5. The van der Waals surface area contributed by atoms with E-state index in [1.54, 1.807) is 36.4 Å². The van der Waals surface area contributed by atoms with Gasteiger partial charge in [-0.05, 0) is 132 Å². The third kappa shape index (κ3) is 18.6. The molecule has 6 aromatic carbocycles. The van der Waals surface area contributed by atoms with Gasteiger partial charge in [0.15, 0.2) is 42.3 Å². The summed E-state index contributed by atoms with van der Waals surface area (Å²) in [4.78, 5) is 15.2. The molecule has 21 atom stereocenters. The maximum absolute atomic E-state index is 16.1. The van der Waals surface area contributed by atoms with E-state index in [4.69, 9.17) is 59.4 Å². The van der Waals surface area contributed by atoms with Crippen LogP contribution in [0.15, 0.2) is 182 Å².